The molecule has 1 aromatic carbocycles. The fraction of sp³-hybridized carbons (Fsp3) is 0.133. The van der Waals surface area contributed by atoms with Crippen molar-refractivity contribution in [2.75, 3.05) is 12.4 Å². The highest BCUT2D eigenvalue weighted by Gasteiger charge is 2.10. The maximum Gasteiger partial charge on any atom is 0.232 e. The number of anilines is 1. The van der Waals surface area contributed by atoms with Crippen molar-refractivity contribution >= 4 is 16.9 Å². The van der Waals surface area contributed by atoms with Gasteiger partial charge >= 0.3 is 0 Å². The number of aromatic nitrogens is 3. The molecule has 0 amide bonds. The van der Waals surface area contributed by atoms with Gasteiger partial charge in [-0.1, -0.05) is 12.1 Å². The summed E-state index contributed by atoms with van der Waals surface area (Å²) in [7, 11) is 1.78. The Balaban J connectivity index is 2.13. The fourth-order valence-electron chi connectivity index (χ4n) is 1.92. The van der Waals surface area contributed by atoms with Gasteiger partial charge in [0.2, 0.25) is 11.8 Å². The predicted molar refractivity (Wildman–Crippen MR) is 78.1 cm³/mol. The molecule has 3 rings (SSSR count). The molecule has 0 saturated carbocycles. The van der Waals surface area contributed by atoms with Crippen LogP contribution in [0.15, 0.2) is 42.6 Å². The number of para-hydroxylation sites is 1. The van der Waals surface area contributed by atoms with Gasteiger partial charge in [0.15, 0.2) is 5.75 Å². The van der Waals surface area contributed by atoms with Crippen LogP contribution in [0.4, 0.5) is 5.95 Å². The van der Waals surface area contributed by atoms with Gasteiger partial charge < -0.3 is 10.1 Å². The maximum atomic E-state index is 5.91. The predicted octanol–water partition coefficient (Wildman–Crippen LogP) is 3.17. The van der Waals surface area contributed by atoms with Crippen LogP contribution in [0.3, 0.4) is 0 Å². The minimum atomic E-state index is 0.524. The quantitative estimate of drug-likeness (QED) is 0.789. The van der Waals surface area contributed by atoms with Gasteiger partial charge in [0.1, 0.15) is 0 Å². The van der Waals surface area contributed by atoms with E-state index in [-0.39, 0.29) is 0 Å². The Bertz CT molecular complexity index is 758. The average Bonchev–Trinajstić information content (AvgIpc) is 2.49. The molecule has 100 valence electrons. The Kier molecular flexibility index (Phi) is 3.16. The first-order chi connectivity index (χ1) is 9.78. The third-order valence-corrected chi connectivity index (χ3v) is 2.96. The summed E-state index contributed by atoms with van der Waals surface area (Å²) in [6.07, 6.45) is 1.74. The van der Waals surface area contributed by atoms with Gasteiger partial charge in [-0.25, -0.2) is 4.98 Å². The summed E-state index contributed by atoms with van der Waals surface area (Å²) < 4.78 is 5.91. The number of pyridine rings is 1. The van der Waals surface area contributed by atoms with Gasteiger partial charge in [-0.15, -0.1) is 0 Å². The molecule has 2 aromatic heterocycles. The van der Waals surface area contributed by atoms with Gasteiger partial charge in [0.25, 0.3) is 0 Å². The monoisotopic (exact) mass is 266 g/mol. The summed E-state index contributed by atoms with van der Waals surface area (Å²) in [5.41, 5.74) is 1.66. The van der Waals surface area contributed by atoms with Crippen LogP contribution in [0, 0.1) is 6.92 Å². The van der Waals surface area contributed by atoms with E-state index < -0.39 is 0 Å². The minimum Gasteiger partial charge on any atom is -0.436 e. The van der Waals surface area contributed by atoms with E-state index in [1.165, 1.54) is 0 Å². The highest BCUT2D eigenvalue weighted by Crippen LogP contribution is 2.29. The number of nitrogens with one attached hydrogen (secondary N) is 1. The first kappa shape index (κ1) is 12.3. The van der Waals surface area contributed by atoms with Crippen LogP contribution in [0.25, 0.3) is 10.9 Å². The number of fused-ring (bicyclic) bond motifs is 1. The second kappa shape index (κ2) is 5.13. The van der Waals surface area contributed by atoms with E-state index in [0.29, 0.717) is 17.6 Å². The Morgan fingerprint density at radius 2 is 1.90 bits per heavy atom. The number of hydrogen-bond donors (Lipinski definition) is 1. The number of ether oxygens (including phenoxy) is 1. The molecule has 0 unspecified atom stereocenters. The number of nitrogens with zero attached hydrogens (tertiary/aromatic N) is 3. The van der Waals surface area contributed by atoms with Gasteiger partial charge in [0.05, 0.1) is 16.6 Å². The minimum absolute atomic E-state index is 0.524. The highest BCUT2D eigenvalue weighted by molar-refractivity contribution is 5.84. The largest absolute Gasteiger partial charge is 0.436 e. The molecular formula is C15H14N4O. The SMILES string of the molecule is CNc1nc(Oc2cccnc2C)c2ccccc2n1. The van der Waals surface area contributed by atoms with E-state index >= 15 is 0 Å². The molecule has 0 aliphatic heterocycles. The fourth-order valence-corrected chi connectivity index (χ4v) is 1.92. The molecule has 1 N–H and O–H groups in total. The Morgan fingerprint density at radius 1 is 1.05 bits per heavy atom. The van der Waals surface area contributed by atoms with Crippen molar-refractivity contribution in [2.24, 2.45) is 0 Å². The lowest BCUT2D eigenvalue weighted by atomic mass is 10.2. The summed E-state index contributed by atoms with van der Waals surface area (Å²) in [4.78, 5) is 13.0. The van der Waals surface area contributed by atoms with Crippen molar-refractivity contribution in [1.82, 2.24) is 15.0 Å². The van der Waals surface area contributed by atoms with Crippen LogP contribution in [0.1, 0.15) is 5.69 Å². The Morgan fingerprint density at radius 3 is 2.70 bits per heavy atom. The molecule has 0 aliphatic rings. The zero-order chi connectivity index (χ0) is 13.9. The van der Waals surface area contributed by atoms with E-state index in [1.807, 2.05) is 43.3 Å². The van der Waals surface area contributed by atoms with Crippen LogP contribution in [0.2, 0.25) is 0 Å². The first-order valence-corrected chi connectivity index (χ1v) is 6.32. The topological polar surface area (TPSA) is 59.9 Å². The van der Waals surface area contributed by atoms with Crippen LogP contribution < -0.4 is 10.1 Å². The second-order valence-corrected chi connectivity index (χ2v) is 4.31. The second-order valence-electron chi connectivity index (χ2n) is 4.31. The maximum absolute atomic E-state index is 5.91. The zero-order valence-corrected chi connectivity index (χ0v) is 11.3. The van der Waals surface area contributed by atoms with Crippen molar-refractivity contribution in [1.29, 1.82) is 0 Å². The van der Waals surface area contributed by atoms with Crippen LogP contribution >= 0.6 is 0 Å². The third-order valence-electron chi connectivity index (χ3n) is 2.96. The molecule has 5 nitrogen and oxygen atoms in total. The number of rotatable bonds is 3. The van der Waals surface area contributed by atoms with Crippen LogP contribution in [0.5, 0.6) is 11.6 Å². The van der Waals surface area contributed by atoms with E-state index in [0.717, 1.165) is 16.6 Å². The summed E-state index contributed by atoms with van der Waals surface area (Å²) >= 11 is 0. The molecule has 0 fully saturated rings. The van der Waals surface area contributed by atoms with Gasteiger partial charge in [-0.2, -0.15) is 4.98 Å². The molecule has 0 spiro atoms. The van der Waals surface area contributed by atoms with E-state index in [4.69, 9.17) is 4.74 Å². The first-order valence-electron chi connectivity index (χ1n) is 6.32. The average molecular weight is 266 g/mol. The summed E-state index contributed by atoms with van der Waals surface area (Å²) in [5, 5.41) is 3.81. The standard InChI is InChI=1S/C15H14N4O/c1-10-13(8-5-9-17-10)20-14-11-6-3-4-7-12(11)18-15(16-2)19-14/h3-9H,1-2H3,(H,16,18,19). The van der Waals surface area contributed by atoms with E-state index in [2.05, 4.69) is 20.3 Å². The van der Waals surface area contributed by atoms with Gasteiger partial charge in [0, 0.05) is 13.2 Å². The van der Waals surface area contributed by atoms with E-state index in [9.17, 15) is 0 Å². The van der Waals surface area contributed by atoms with Crippen LogP contribution in [-0.2, 0) is 0 Å². The van der Waals surface area contributed by atoms with Crippen molar-refractivity contribution < 1.29 is 4.74 Å². The molecule has 0 atom stereocenters. The normalized spacial score (nSPS) is 10.5. The molecular weight excluding hydrogens is 252 g/mol. The molecule has 0 aliphatic carbocycles. The smallest absolute Gasteiger partial charge is 0.232 e. The molecule has 0 radical (unpaired) electrons. The number of benzene rings is 1. The zero-order valence-electron chi connectivity index (χ0n) is 11.3. The molecule has 2 heterocycles. The van der Waals surface area contributed by atoms with Crippen molar-refractivity contribution in [3.8, 4) is 11.6 Å². The Labute approximate surface area is 116 Å². The highest BCUT2D eigenvalue weighted by atomic mass is 16.5. The lowest BCUT2D eigenvalue weighted by Gasteiger charge is -2.10. The molecule has 3 aromatic rings. The molecule has 0 bridgehead atoms. The lowest BCUT2D eigenvalue weighted by molar-refractivity contribution is 0.462. The Hall–Kier alpha value is -2.69. The van der Waals surface area contributed by atoms with Gasteiger partial charge in [-0.05, 0) is 31.2 Å². The van der Waals surface area contributed by atoms with E-state index in [1.54, 1.807) is 13.2 Å². The number of hydrogen-bond acceptors (Lipinski definition) is 5. The summed E-state index contributed by atoms with van der Waals surface area (Å²) in [5.74, 6) is 1.75. The van der Waals surface area contributed by atoms with Crippen molar-refractivity contribution in [3.05, 3.63) is 48.3 Å². The van der Waals surface area contributed by atoms with Crippen molar-refractivity contribution in [3.63, 3.8) is 0 Å². The lowest BCUT2D eigenvalue weighted by Crippen LogP contribution is -2.00. The molecule has 20 heavy (non-hydrogen) atoms. The number of aryl methyl sites for hydroxylation is 1. The third kappa shape index (κ3) is 2.25. The van der Waals surface area contributed by atoms with Crippen LogP contribution in [-0.4, -0.2) is 22.0 Å². The summed E-state index contributed by atoms with van der Waals surface area (Å²) in [6.45, 7) is 1.90. The van der Waals surface area contributed by atoms with Gasteiger partial charge in [-0.3, -0.25) is 4.98 Å². The summed E-state index contributed by atoms with van der Waals surface area (Å²) in [6, 6.07) is 11.5. The molecule has 0 saturated heterocycles. The molecule has 5 heteroatoms. The van der Waals surface area contributed by atoms with Crippen molar-refractivity contribution in [2.45, 2.75) is 6.92 Å².